The van der Waals surface area contributed by atoms with Crippen LogP contribution >= 0.6 is 0 Å². The number of nitro groups is 1. The zero-order valence-corrected chi connectivity index (χ0v) is 21.0. The van der Waals surface area contributed by atoms with Crippen molar-refractivity contribution >= 4 is 23.3 Å². The van der Waals surface area contributed by atoms with Crippen LogP contribution in [0.1, 0.15) is 69.8 Å². The molecule has 2 saturated heterocycles. The van der Waals surface area contributed by atoms with Crippen LogP contribution in [0.5, 0.6) is 0 Å². The molecule has 4 aliphatic carbocycles. The molecule has 6 fully saturated rings. The smallest absolute Gasteiger partial charge is 0.315 e. The number of anilines is 1. The van der Waals surface area contributed by atoms with Crippen molar-refractivity contribution in [1.29, 1.82) is 0 Å². The van der Waals surface area contributed by atoms with Gasteiger partial charge in [0.05, 0.1) is 11.5 Å². The van der Waals surface area contributed by atoms with Crippen LogP contribution in [-0.4, -0.2) is 52.0 Å². The molecule has 0 radical (unpaired) electrons. The topological polar surface area (TPSA) is 117 Å². The minimum Gasteiger partial charge on any atom is -0.335 e. The van der Waals surface area contributed by atoms with E-state index in [1.807, 2.05) is 0 Å². The number of hydrogen-bond acceptors (Lipinski definition) is 5. The second kappa shape index (κ2) is 9.01. The second-order valence-corrected chi connectivity index (χ2v) is 12.3. The van der Waals surface area contributed by atoms with Crippen molar-refractivity contribution in [3.63, 3.8) is 0 Å². The quantitative estimate of drug-likeness (QED) is 0.406. The van der Waals surface area contributed by atoms with E-state index in [2.05, 4.69) is 20.9 Å². The van der Waals surface area contributed by atoms with Crippen LogP contribution in [0.25, 0.3) is 0 Å². The van der Waals surface area contributed by atoms with E-state index in [0.717, 1.165) is 62.7 Å². The Balaban J connectivity index is 1.01. The predicted octanol–water partition coefficient (Wildman–Crippen LogP) is 4.11. The molecule has 3 amide bonds. The number of non-ortho nitro benzene ring substituents is 1. The molecule has 6 bridgehead atoms. The summed E-state index contributed by atoms with van der Waals surface area (Å²) in [4.78, 5) is 38.7. The largest absolute Gasteiger partial charge is 0.335 e. The van der Waals surface area contributed by atoms with Crippen molar-refractivity contribution in [2.24, 2.45) is 17.8 Å². The molecule has 3 N–H and O–H groups in total. The van der Waals surface area contributed by atoms with Crippen molar-refractivity contribution in [1.82, 2.24) is 15.5 Å². The molecule has 0 unspecified atom stereocenters. The Kier molecular flexibility index (Phi) is 5.93. The zero-order valence-electron chi connectivity index (χ0n) is 21.0. The minimum absolute atomic E-state index is 0.00110. The lowest BCUT2D eigenvalue weighted by Crippen LogP contribution is -2.63. The van der Waals surface area contributed by atoms with E-state index < -0.39 is 4.92 Å². The number of carbonyl (C=O) groups excluding carboxylic acids is 2. The van der Waals surface area contributed by atoms with Crippen molar-refractivity contribution in [3.8, 4) is 0 Å². The first-order valence-corrected chi connectivity index (χ1v) is 13.6. The number of hydrogen-bond donors (Lipinski definition) is 3. The molecule has 6 aliphatic rings. The fraction of sp³-hybridized carbons (Fsp3) is 0.704. The molecule has 2 atom stereocenters. The number of carbonyl (C=O) groups is 2. The number of nitrogens with zero attached hydrogens (tertiary/aromatic N) is 2. The van der Waals surface area contributed by atoms with E-state index in [4.69, 9.17) is 0 Å². The van der Waals surface area contributed by atoms with Gasteiger partial charge < -0.3 is 16.0 Å². The third kappa shape index (κ3) is 4.58. The lowest BCUT2D eigenvalue weighted by atomic mass is 9.53. The van der Waals surface area contributed by atoms with Crippen LogP contribution in [-0.2, 0) is 4.79 Å². The van der Waals surface area contributed by atoms with Gasteiger partial charge in [0.15, 0.2) is 0 Å². The third-order valence-electron chi connectivity index (χ3n) is 9.66. The summed E-state index contributed by atoms with van der Waals surface area (Å²) < 4.78 is 0. The second-order valence-electron chi connectivity index (χ2n) is 12.3. The molecular weight excluding hydrogens is 458 g/mol. The summed E-state index contributed by atoms with van der Waals surface area (Å²) in [5.74, 6) is 2.31. The van der Waals surface area contributed by atoms with E-state index in [1.54, 1.807) is 13.0 Å². The van der Waals surface area contributed by atoms with Gasteiger partial charge in [-0.2, -0.15) is 0 Å². The average Bonchev–Trinajstić information content (AvgIpc) is 3.01. The van der Waals surface area contributed by atoms with E-state index in [9.17, 15) is 19.7 Å². The summed E-state index contributed by atoms with van der Waals surface area (Å²) in [7, 11) is 0. The van der Waals surface area contributed by atoms with Gasteiger partial charge >= 0.3 is 6.03 Å². The lowest BCUT2D eigenvalue weighted by Gasteiger charge is -2.56. The van der Waals surface area contributed by atoms with E-state index in [0.29, 0.717) is 17.8 Å². The lowest BCUT2D eigenvalue weighted by molar-refractivity contribution is -0.384. The fourth-order valence-electron chi connectivity index (χ4n) is 8.63. The van der Waals surface area contributed by atoms with Gasteiger partial charge in [-0.3, -0.25) is 19.8 Å². The molecular formula is C27H37N5O4. The first-order valence-electron chi connectivity index (χ1n) is 13.6. The predicted molar refractivity (Wildman–Crippen MR) is 136 cm³/mol. The van der Waals surface area contributed by atoms with Gasteiger partial charge in [-0.05, 0) is 101 Å². The minimum atomic E-state index is -0.433. The number of benzene rings is 1. The number of rotatable bonds is 6. The maximum atomic E-state index is 13.0. The summed E-state index contributed by atoms with van der Waals surface area (Å²) in [6.07, 6.45) is 11.4. The van der Waals surface area contributed by atoms with Crippen molar-refractivity contribution in [2.45, 2.75) is 94.8 Å². The molecule has 9 heteroatoms. The molecule has 4 saturated carbocycles. The Morgan fingerprint density at radius 1 is 1.03 bits per heavy atom. The van der Waals surface area contributed by atoms with Gasteiger partial charge in [0.2, 0.25) is 5.91 Å². The van der Waals surface area contributed by atoms with Gasteiger partial charge in [0, 0.05) is 41.5 Å². The molecule has 9 nitrogen and oxygen atoms in total. The first kappa shape index (κ1) is 23.7. The molecule has 2 aliphatic heterocycles. The Morgan fingerprint density at radius 2 is 1.64 bits per heavy atom. The van der Waals surface area contributed by atoms with Gasteiger partial charge in [-0.15, -0.1) is 0 Å². The van der Waals surface area contributed by atoms with Gasteiger partial charge in [0.1, 0.15) is 0 Å². The van der Waals surface area contributed by atoms with Gasteiger partial charge in [-0.1, -0.05) is 0 Å². The highest BCUT2D eigenvalue weighted by atomic mass is 16.6. The zero-order chi connectivity index (χ0) is 25.0. The number of nitro benzene ring substituents is 1. The number of nitrogens with one attached hydrogen (secondary N) is 3. The summed E-state index contributed by atoms with van der Waals surface area (Å²) in [5.41, 5.74) is 1.32. The average molecular weight is 496 g/mol. The number of amides is 3. The molecule has 1 aromatic rings. The normalized spacial score (nSPS) is 36.5. The number of urea groups is 1. The SMILES string of the molecule is Cc1cc([N+](=O)[O-])ccc1NC(=O)CN1[C@H]2CC[C@H]1CC(NC(=O)NC13CC4CC(CC(C4)C1)C3)C2. The standard InChI is InChI=1S/C27H37N5O4/c1-16-6-23(32(35)36)4-5-24(16)29-25(33)15-31-21-2-3-22(31)11-20(10-21)28-26(34)30-27-12-17-7-18(13-27)9-19(8-17)14-27/h4-6,17-22H,2-3,7-15H2,1H3,(H,29,33)(H2,28,30,34)/t17?,18?,19?,21-,22-,27?/m0/s1. The van der Waals surface area contributed by atoms with Crippen LogP contribution in [0.2, 0.25) is 0 Å². The Hall–Kier alpha value is -2.68. The maximum absolute atomic E-state index is 13.0. The fourth-order valence-corrected chi connectivity index (χ4v) is 8.63. The highest BCUT2D eigenvalue weighted by molar-refractivity contribution is 5.93. The van der Waals surface area contributed by atoms with Crippen molar-refractivity contribution in [2.75, 3.05) is 11.9 Å². The van der Waals surface area contributed by atoms with Gasteiger partial charge in [0.25, 0.3) is 5.69 Å². The summed E-state index contributed by atoms with van der Waals surface area (Å²) in [5, 5.41) is 20.6. The molecule has 194 valence electrons. The molecule has 0 spiro atoms. The maximum Gasteiger partial charge on any atom is 0.315 e. The van der Waals surface area contributed by atoms with Crippen LogP contribution in [0.4, 0.5) is 16.2 Å². The highest BCUT2D eigenvalue weighted by Crippen LogP contribution is 2.55. The Bertz CT molecular complexity index is 1020. The molecule has 36 heavy (non-hydrogen) atoms. The Labute approximate surface area is 211 Å². The number of aryl methyl sites for hydroxylation is 1. The number of piperidine rings is 1. The van der Waals surface area contributed by atoms with Crippen molar-refractivity contribution < 1.29 is 14.5 Å². The monoisotopic (exact) mass is 495 g/mol. The molecule has 0 aromatic heterocycles. The molecule has 2 heterocycles. The van der Waals surface area contributed by atoms with Crippen LogP contribution in [0, 0.1) is 34.8 Å². The summed E-state index contributed by atoms with van der Waals surface area (Å²) >= 11 is 0. The summed E-state index contributed by atoms with van der Waals surface area (Å²) in [6.45, 7) is 2.07. The number of fused-ring (bicyclic) bond motifs is 2. The Morgan fingerprint density at radius 3 is 2.19 bits per heavy atom. The highest BCUT2D eigenvalue weighted by Gasteiger charge is 2.52. The van der Waals surface area contributed by atoms with E-state index >= 15 is 0 Å². The van der Waals surface area contributed by atoms with Crippen LogP contribution in [0.3, 0.4) is 0 Å². The third-order valence-corrected chi connectivity index (χ3v) is 9.66. The van der Waals surface area contributed by atoms with E-state index in [-0.39, 0.29) is 41.3 Å². The van der Waals surface area contributed by atoms with Crippen LogP contribution in [0.15, 0.2) is 18.2 Å². The molecule has 7 rings (SSSR count). The van der Waals surface area contributed by atoms with Crippen molar-refractivity contribution in [3.05, 3.63) is 33.9 Å². The van der Waals surface area contributed by atoms with Gasteiger partial charge in [-0.25, -0.2) is 4.79 Å². The first-order chi connectivity index (χ1) is 17.2. The van der Waals surface area contributed by atoms with E-state index in [1.165, 1.54) is 31.4 Å². The summed E-state index contributed by atoms with van der Waals surface area (Å²) in [6, 6.07) is 5.21. The van der Waals surface area contributed by atoms with Crippen LogP contribution < -0.4 is 16.0 Å². The molecule has 1 aromatic carbocycles.